The van der Waals surface area contributed by atoms with Crippen LogP contribution in [0.25, 0.3) is 0 Å². The van der Waals surface area contributed by atoms with Crippen molar-refractivity contribution in [2.75, 3.05) is 0 Å². The molecule has 0 fully saturated rings. The van der Waals surface area contributed by atoms with E-state index in [1.807, 2.05) is 0 Å². The summed E-state index contributed by atoms with van der Waals surface area (Å²) >= 11 is -1.44. The average molecular weight is 266 g/mol. The topological polar surface area (TPSA) is 17.1 Å². The molecule has 1 aliphatic rings. The zero-order valence-corrected chi connectivity index (χ0v) is 9.69. The predicted molar refractivity (Wildman–Crippen MR) is 54.1 cm³/mol. The molecule has 0 atom stereocenters. The summed E-state index contributed by atoms with van der Waals surface area (Å²) in [5, 5.41) is 0. The second kappa shape index (κ2) is 10.2. The molecule has 0 aliphatic heterocycles. The average Bonchev–Trinajstić information content (AvgIpc) is 2.04. The zero-order valence-electron chi connectivity index (χ0n) is 7.14. The van der Waals surface area contributed by atoms with Crippen molar-refractivity contribution in [3.8, 4) is 0 Å². The molecule has 0 saturated carbocycles. The molecule has 0 spiro atoms. The fourth-order valence-electron chi connectivity index (χ4n) is 0.874. The van der Waals surface area contributed by atoms with E-state index in [-0.39, 0.29) is 0 Å². The van der Waals surface area contributed by atoms with Crippen LogP contribution in [0.5, 0.6) is 0 Å². The van der Waals surface area contributed by atoms with Gasteiger partial charge in [-0.15, -0.1) is 0 Å². The van der Waals surface area contributed by atoms with Crippen molar-refractivity contribution >= 4 is 25.1 Å². The summed E-state index contributed by atoms with van der Waals surface area (Å²) < 4.78 is 0. The third-order valence-corrected chi connectivity index (χ3v) is 2.01. The maximum absolute atomic E-state index is 9.14. The Hall–Kier alpha value is 0.146. The number of hydrogen-bond acceptors (Lipinski definition) is 1. The van der Waals surface area contributed by atoms with Gasteiger partial charge in [0.05, 0.1) is 0 Å². The van der Waals surface area contributed by atoms with Gasteiger partial charge >= 0.3 is 41.3 Å². The number of hydrogen-bond donors (Lipinski definition) is 0. The van der Waals surface area contributed by atoms with Crippen molar-refractivity contribution in [2.45, 2.75) is 25.7 Å². The predicted octanol–water partition coefficient (Wildman–Crippen LogP) is 3.65. The van der Waals surface area contributed by atoms with Crippen molar-refractivity contribution in [3.63, 3.8) is 0 Å². The van der Waals surface area contributed by atoms with Gasteiger partial charge in [-0.2, -0.15) is 0 Å². The molecule has 0 aromatic heterocycles. The Morgan fingerprint density at radius 3 is 1.77 bits per heavy atom. The molecule has 13 heavy (non-hydrogen) atoms. The normalized spacial score (nSPS) is 16.0. The van der Waals surface area contributed by atoms with Gasteiger partial charge in [-0.1, -0.05) is 24.3 Å². The van der Waals surface area contributed by atoms with Gasteiger partial charge in [0.2, 0.25) is 0 Å². The minimum atomic E-state index is -1.44. The Morgan fingerprint density at radius 1 is 1.08 bits per heavy atom. The number of carbonyl (C=O) groups excluding carboxylic acids is 1. The molecular formula is C9H12Cl2CoO. The van der Waals surface area contributed by atoms with Gasteiger partial charge in [0, 0.05) is 0 Å². The Balaban J connectivity index is 0.000000252. The standard InChI is InChI=1S/C8H12.CO.2ClH.Co/c1-2-4-6-8-7-5-3-1;1-2;;;/h1-4H,5-8H2;;2*1H;/q;;;;+2/p-2. The molecule has 0 aromatic rings. The fourth-order valence-corrected chi connectivity index (χ4v) is 0.874. The van der Waals surface area contributed by atoms with Crippen molar-refractivity contribution in [2.24, 2.45) is 0 Å². The summed E-state index contributed by atoms with van der Waals surface area (Å²) in [5.41, 5.74) is 0. The molecule has 1 aliphatic carbocycles. The van der Waals surface area contributed by atoms with E-state index in [1.165, 1.54) is 30.5 Å². The molecular weight excluding hydrogens is 254 g/mol. The first-order valence-electron chi connectivity index (χ1n) is 3.94. The third-order valence-electron chi connectivity index (χ3n) is 1.43. The van der Waals surface area contributed by atoms with Gasteiger partial charge < -0.3 is 0 Å². The van der Waals surface area contributed by atoms with Gasteiger partial charge in [-0.05, 0) is 25.7 Å². The van der Waals surface area contributed by atoms with Crippen LogP contribution in [0.3, 0.4) is 0 Å². The van der Waals surface area contributed by atoms with E-state index in [0.29, 0.717) is 0 Å². The summed E-state index contributed by atoms with van der Waals surface area (Å²) in [5.74, 6) is 0. The van der Waals surface area contributed by atoms with Crippen LogP contribution < -0.4 is 0 Å². The van der Waals surface area contributed by atoms with E-state index >= 15 is 0 Å². The monoisotopic (exact) mass is 265 g/mol. The summed E-state index contributed by atoms with van der Waals surface area (Å²) in [6.45, 7) is 0. The Kier molecular flexibility index (Phi) is 10.3. The van der Waals surface area contributed by atoms with Crippen molar-refractivity contribution in [1.82, 2.24) is 0 Å². The van der Waals surface area contributed by atoms with Crippen LogP contribution >= 0.6 is 20.3 Å². The molecule has 0 unspecified atom stereocenters. The first-order valence-corrected chi connectivity index (χ1v) is 7.32. The van der Waals surface area contributed by atoms with Crippen LogP contribution in [0, 0.1) is 0 Å². The molecule has 0 N–H and O–H groups in total. The minimum absolute atomic E-state index is 1.27. The van der Waals surface area contributed by atoms with Crippen molar-refractivity contribution < 1.29 is 16.2 Å². The summed E-state index contributed by atoms with van der Waals surface area (Å²) in [6.07, 6.45) is 14.0. The molecule has 0 saturated heterocycles. The molecule has 1 nitrogen and oxygen atoms in total. The van der Waals surface area contributed by atoms with Gasteiger partial charge in [-0.25, -0.2) is 0 Å². The van der Waals surface area contributed by atoms with Gasteiger partial charge in [0.25, 0.3) is 0 Å². The van der Waals surface area contributed by atoms with E-state index in [9.17, 15) is 0 Å². The fraction of sp³-hybridized carbons (Fsp3) is 0.444. The molecule has 0 bridgehead atoms. The first kappa shape index (κ1) is 13.1. The summed E-state index contributed by atoms with van der Waals surface area (Å²) in [7, 11) is 9.73. The molecule has 0 radical (unpaired) electrons. The van der Waals surface area contributed by atoms with Crippen LogP contribution in [-0.2, 0) is 16.2 Å². The van der Waals surface area contributed by atoms with Crippen LogP contribution in [0.1, 0.15) is 25.7 Å². The van der Waals surface area contributed by atoms with Crippen LogP contribution in [0.4, 0.5) is 0 Å². The molecule has 0 heterocycles. The van der Waals surface area contributed by atoms with Crippen LogP contribution in [-0.4, -0.2) is 4.82 Å². The first-order chi connectivity index (χ1) is 6.27. The quantitative estimate of drug-likeness (QED) is 0.654. The molecule has 0 aromatic carbocycles. The second-order valence-electron chi connectivity index (χ2n) is 2.38. The molecule has 4 heteroatoms. The zero-order chi connectivity index (χ0) is 9.94. The Labute approximate surface area is 91.2 Å². The number of rotatable bonds is 0. The summed E-state index contributed by atoms with van der Waals surface area (Å²) in [6, 6.07) is 0. The van der Waals surface area contributed by atoms with E-state index < -0.39 is 11.4 Å². The van der Waals surface area contributed by atoms with E-state index in [2.05, 4.69) is 24.3 Å². The third kappa shape index (κ3) is 12.1. The second-order valence-corrected chi connectivity index (χ2v) is 5.75. The summed E-state index contributed by atoms with van der Waals surface area (Å²) in [4.78, 5) is 10.5. The number of halogens is 2. The number of allylic oxidation sites excluding steroid dienone is 4. The van der Waals surface area contributed by atoms with E-state index in [0.717, 1.165) is 0 Å². The molecule has 1 rings (SSSR count). The molecule has 0 amide bonds. The van der Waals surface area contributed by atoms with Gasteiger partial charge in [0.15, 0.2) is 0 Å². The van der Waals surface area contributed by atoms with Gasteiger partial charge in [0.1, 0.15) is 0 Å². The Bertz CT molecular complexity index is 212. The maximum atomic E-state index is 9.14. The van der Waals surface area contributed by atoms with E-state index in [1.54, 1.807) is 0 Å². The SMILES string of the molecule is C1=CCCCCC=C1.O=[C]=[Co]([Cl])[Cl]. The van der Waals surface area contributed by atoms with Crippen molar-refractivity contribution in [1.29, 1.82) is 0 Å². The van der Waals surface area contributed by atoms with Crippen LogP contribution in [0.15, 0.2) is 24.3 Å². The van der Waals surface area contributed by atoms with Crippen molar-refractivity contribution in [3.05, 3.63) is 24.3 Å². The van der Waals surface area contributed by atoms with Crippen LogP contribution in [0.2, 0.25) is 0 Å². The Morgan fingerprint density at radius 2 is 1.46 bits per heavy atom. The molecule has 77 valence electrons. The van der Waals surface area contributed by atoms with E-state index in [4.69, 9.17) is 25.1 Å². The van der Waals surface area contributed by atoms with Gasteiger partial charge in [-0.3, -0.25) is 0 Å².